The zero-order valence-corrected chi connectivity index (χ0v) is 27.2. The van der Waals surface area contributed by atoms with E-state index in [9.17, 15) is 0 Å². The maximum atomic E-state index is 2.51. The minimum Gasteiger partial charge on any atom is -0.0654 e. The Morgan fingerprint density at radius 1 is 0.243 bits per heavy atom. The Balaban J connectivity index is 3.30. The molecule has 0 saturated heterocycles. The number of rotatable bonds is 31. The Hall–Kier alpha value is 0. The number of unbranched alkanes of at least 4 members (excludes halogenated alkanes) is 19. The van der Waals surface area contributed by atoms with Crippen LogP contribution in [-0.2, 0) is 0 Å². The summed E-state index contributed by atoms with van der Waals surface area (Å²) >= 11 is 0. The van der Waals surface area contributed by atoms with E-state index in [1.165, 1.54) is 186 Å². The Morgan fingerprint density at radius 2 is 0.459 bits per heavy atom. The van der Waals surface area contributed by atoms with E-state index in [1.54, 1.807) is 0 Å². The molecule has 0 N–H and O–H groups in total. The third-order valence-electron chi connectivity index (χ3n) is 9.14. The standard InChI is InChI=1S/C37H76/c1-6-8-10-11-12-13-14-15-16-17-18-19-20-22-25-31-36(4)33-28-34-37(5)32-27-24-21-23-26-30-35(3)29-9-7-2/h35-37H,6-34H2,1-5H3. The van der Waals surface area contributed by atoms with E-state index in [2.05, 4.69) is 34.6 Å². The van der Waals surface area contributed by atoms with E-state index in [1.807, 2.05) is 0 Å². The van der Waals surface area contributed by atoms with Crippen LogP contribution >= 0.6 is 0 Å². The molecule has 0 aromatic heterocycles. The van der Waals surface area contributed by atoms with E-state index in [-0.39, 0.29) is 0 Å². The monoisotopic (exact) mass is 521 g/mol. The lowest BCUT2D eigenvalue weighted by molar-refractivity contribution is 0.389. The molecule has 0 nitrogen and oxygen atoms in total. The second-order valence-electron chi connectivity index (χ2n) is 13.5. The molecule has 0 bridgehead atoms. The summed E-state index contributed by atoms with van der Waals surface area (Å²) in [5, 5.41) is 0. The molecule has 0 aliphatic heterocycles. The summed E-state index contributed by atoms with van der Waals surface area (Å²) in [5.41, 5.74) is 0. The first kappa shape index (κ1) is 37.0. The molecule has 0 radical (unpaired) electrons. The lowest BCUT2D eigenvalue weighted by atomic mass is 9.92. The third kappa shape index (κ3) is 30.4. The SMILES string of the molecule is CCCCCCCCCCCCCCCCCC(C)CCCC(C)CCCCCCCC(C)CCCC. The van der Waals surface area contributed by atoms with Gasteiger partial charge in [-0.05, 0) is 17.8 Å². The smallest absolute Gasteiger partial charge is 0.0443 e. The van der Waals surface area contributed by atoms with Gasteiger partial charge in [0.1, 0.15) is 0 Å². The van der Waals surface area contributed by atoms with Crippen LogP contribution in [0.1, 0.15) is 221 Å². The molecule has 3 unspecified atom stereocenters. The molecule has 3 atom stereocenters. The highest BCUT2D eigenvalue weighted by molar-refractivity contribution is 4.60. The lowest BCUT2D eigenvalue weighted by Crippen LogP contribution is -1.99. The molecule has 0 aromatic rings. The van der Waals surface area contributed by atoms with E-state index in [0.29, 0.717) is 0 Å². The minimum absolute atomic E-state index is 0.951. The quantitative estimate of drug-likeness (QED) is 0.0797. The second-order valence-corrected chi connectivity index (χ2v) is 13.5. The fourth-order valence-electron chi connectivity index (χ4n) is 6.18. The largest absolute Gasteiger partial charge is 0.0654 e. The Bertz CT molecular complexity index is 399. The van der Waals surface area contributed by atoms with Gasteiger partial charge in [-0.2, -0.15) is 0 Å². The van der Waals surface area contributed by atoms with Crippen molar-refractivity contribution in [2.75, 3.05) is 0 Å². The van der Waals surface area contributed by atoms with Gasteiger partial charge in [0.2, 0.25) is 0 Å². The highest BCUT2D eigenvalue weighted by Crippen LogP contribution is 2.22. The minimum atomic E-state index is 0.951. The van der Waals surface area contributed by atoms with Crippen LogP contribution in [0.4, 0.5) is 0 Å². The molecular weight excluding hydrogens is 444 g/mol. The molecule has 0 amide bonds. The van der Waals surface area contributed by atoms with Crippen molar-refractivity contribution in [3.63, 3.8) is 0 Å². The van der Waals surface area contributed by atoms with Crippen LogP contribution in [0.15, 0.2) is 0 Å². The molecule has 0 spiro atoms. The summed E-state index contributed by atoms with van der Waals surface area (Å²) in [7, 11) is 0. The van der Waals surface area contributed by atoms with Gasteiger partial charge in [-0.3, -0.25) is 0 Å². The van der Waals surface area contributed by atoms with Gasteiger partial charge in [-0.15, -0.1) is 0 Å². The fraction of sp³-hybridized carbons (Fsp3) is 1.00. The number of hydrogen-bond acceptors (Lipinski definition) is 0. The van der Waals surface area contributed by atoms with Crippen molar-refractivity contribution in [1.29, 1.82) is 0 Å². The number of hydrogen-bond donors (Lipinski definition) is 0. The Labute approximate surface area is 238 Å². The first-order chi connectivity index (χ1) is 18.1. The Morgan fingerprint density at radius 3 is 0.757 bits per heavy atom. The summed E-state index contributed by atoms with van der Waals surface area (Å²) in [6, 6.07) is 0. The molecule has 37 heavy (non-hydrogen) atoms. The zero-order valence-electron chi connectivity index (χ0n) is 27.2. The zero-order chi connectivity index (χ0) is 27.2. The van der Waals surface area contributed by atoms with Crippen molar-refractivity contribution in [3.8, 4) is 0 Å². The van der Waals surface area contributed by atoms with E-state index in [0.717, 1.165) is 17.8 Å². The van der Waals surface area contributed by atoms with Gasteiger partial charge in [0.15, 0.2) is 0 Å². The van der Waals surface area contributed by atoms with Crippen molar-refractivity contribution >= 4 is 0 Å². The first-order valence-electron chi connectivity index (χ1n) is 18.1. The van der Waals surface area contributed by atoms with Crippen LogP contribution in [-0.4, -0.2) is 0 Å². The van der Waals surface area contributed by atoms with Gasteiger partial charge >= 0.3 is 0 Å². The maximum Gasteiger partial charge on any atom is -0.0443 e. The molecule has 0 aromatic carbocycles. The summed E-state index contributed by atoms with van der Waals surface area (Å²) in [5.74, 6) is 2.86. The highest BCUT2D eigenvalue weighted by Gasteiger charge is 2.06. The van der Waals surface area contributed by atoms with Gasteiger partial charge in [0.05, 0.1) is 0 Å². The van der Waals surface area contributed by atoms with Crippen molar-refractivity contribution < 1.29 is 0 Å². The first-order valence-corrected chi connectivity index (χ1v) is 18.1. The lowest BCUT2D eigenvalue weighted by Gasteiger charge is -2.14. The molecular formula is C37H76. The van der Waals surface area contributed by atoms with Crippen LogP contribution in [0.2, 0.25) is 0 Å². The molecule has 0 aliphatic carbocycles. The van der Waals surface area contributed by atoms with Crippen molar-refractivity contribution in [2.24, 2.45) is 17.8 Å². The van der Waals surface area contributed by atoms with Crippen LogP contribution in [0, 0.1) is 17.8 Å². The van der Waals surface area contributed by atoms with Crippen molar-refractivity contribution in [2.45, 2.75) is 221 Å². The topological polar surface area (TPSA) is 0 Å². The average molecular weight is 521 g/mol. The molecule has 0 heteroatoms. The van der Waals surface area contributed by atoms with Crippen molar-refractivity contribution in [1.82, 2.24) is 0 Å². The predicted molar refractivity (Wildman–Crippen MR) is 173 cm³/mol. The van der Waals surface area contributed by atoms with E-state index in [4.69, 9.17) is 0 Å². The Kier molecular flexibility index (Phi) is 30.5. The van der Waals surface area contributed by atoms with Crippen LogP contribution in [0.25, 0.3) is 0 Å². The van der Waals surface area contributed by atoms with Crippen LogP contribution in [0.5, 0.6) is 0 Å². The van der Waals surface area contributed by atoms with Crippen LogP contribution in [0.3, 0.4) is 0 Å². The molecule has 0 saturated carbocycles. The van der Waals surface area contributed by atoms with Gasteiger partial charge in [-0.25, -0.2) is 0 Å². The summed E-state index contributed by atoms with van der Waals surface area (Å²) in [6.07, 6.45) is 42.5. The van der Waals surface area contributed by atoms with E-state index >= 15 is 0 Å². The van der Waals surface area contributed by atoms with Gasteiger partial charge in [0.25, 0.3) is 0 Å². The molecule has 224 valence electrons. The van der Waals surface area contributed by atoms with Gasteiger partial charge < -0.3 is 0 Å². The molecule has 0 fully saturated rings. The molecule has 0 heterocycles. The summed E-state index contributed by atoms with van der Waals surface area (Å²) in [4.78, 5) is 0. The average Bonchev–Trinajstić information content (AvgIpc) is 2.89. The normalized spacial score (nSPS) is 14.2. The summed E-state index contributed by atoms with van der Waals surface area (Å²) < 4.78 is 0. The van der Waals surface area contributed by atoms with Crippen molar-refractivity contribution in [3.05, 3.63) is 0 Å². The predicted octanol–water partition coefficient (Wildman–Crippen LogP) is 14.2. The highest BCUT2D eigenvalue weighted by atomic mass is 14.1. The van der Waals surface area contributed by atoms with Crippen LogP contribution < -0.4 is 0 Å². The maximum absolute atomic E-state index is 2.51. The summed E-state index contributed by atoms with van der Waals surface area (Å²) in [6.45, 7) is 12.1. The molecule has 0 rings (SSSR count). The van der Waals surface area contributed by atoms with E-state index < -0.39 is 0 Å². The third-order valence-corrected chi connectivity index (χ3v) is 9.14. The van der Waals surface area contributed by atoms with Gasteiger partial charge in [-0.1, -0.05) is 221 Å². The fourth-order valence-corrected chi connectivity index (χ4v) is 6.18. The second kappa shape index (κ2) is 30.5. The van der Waals surface area contributed by atoms with Gasteiger partial charge in [0, 0.05) is 0 Å². The molecule has 0 aliphatic rings.